The summed E-state index contributed by atoms with van der Waals surface area (Å²) in [6, 6.07) is 12.5. The molecule has 116 valence electrons. The van der Waals surface area contributed by atoms with Gasteiger partial charge in [0.15, 0.2) is 0 Å². The first-order valence-electron chi connectivity index (χ1n) is 7.89. The Labute approximate surface area is 133 Å². The number of hydrogen-bond acceptors (Lipinski definition) is 1. The highest BCUT2D eigenvalue weighted by Gasteiger charge is 2.08. The molecule has 0 spiro atoms. The molecule has 0 bridgehead atoms. The van der Waals surface area contributed by atoms with Gasteiger partial charge in [-0.2, -0.15) is 0 Å². The SMILES string of the molecule is Cc1ccc(CCCNC(=O)c2ccc(C)cc2C)c(C)c1. The highest BCUT2D eigenvalue weighted by molar-refractivity contribution is 5.95. The minimum atomic E-state index is 0.0260. The molecule has 0 saturated heterocycles. The van der Waals surface area contributed by atoms with Gasteiger partial charge in [0.1, 0.15) is 0 Å². The molecule has 0 saturated carbocycles. The summed E-state index contributed by atoms with van der Waals surface area (Å²) in [6.07, 6.45) is 1.96. The third-order valence-electron chi connectivity index (χ3n) is 4.03. The molecule has 2 aromatic rings. The fourth-order valence-corrected chi connectivity index (χ4v) is 2.77. The molecule has 0 unspecified atom stereocenters. The molecule has 0 aliphatic heterocycles. The number of nitrogens with one attached hydrogen (secondary N) is 1. The number of hydrogen-bond donors (Lipinski definition) is 1. The smallest absolute Gasteiger partial charge is 0.251 e. The third-order valence-corrected chi connectivity index (χ3v) is 4.03. The van der Waals surface area contributed by atoms with E-state index in [2.05, 4.69) is 37.4 Å². The Kier molecular flexibility index (Phi) is 5.37. The van der Waals surface area contributed by atoms with Crippen molar-refractivity contribution in [3.63, 3.8) is 0 Å². The van der Waals surface area contributed by atoms with Crippen molar-refractivity contribution in [2.24, 2.45) is 0 Å². The zero-order valence-corrected chi connectivity index (χ0v) is 14.0. The van der Waals surface area contributed by atoms with Gasteiger partial charge in [0.2, 0.25) is 0 Å². The summed E-state index contributed by atoms with van der Waals surface area (Å²) >= 11 is 0. The van der Waals surface area contributed by atoms with Crippen LogP contribution in [-0.4, -0.2) is 12.5 Å². The van der Waals surface area contributed by atoms with Gasteiger partial charge in [0, 0.05) is 12.1 Å². The topological polar surface area (TPSA) is 29.1 Å². The number of amides is 1. The van der Waals surface area contributed by atoms with Crippen LogP contribution >= 0.6 is 0 Å². The first-order valence-corrected chi connectivity index (χ1v) is 7.89. The molecule has 2 heteroatoms. The standard InChI is InChI=1S/C20H25NO/c1-14-7-9-18(16(3)12-14)6-5-11-21-20(22)19-10-8-15(2)13-17(19)4/h7-10,12-13H,5-6,11H2,1-4H3,(H,21,22). The highest BCUT2D eigenvalue weighted by Crippen LogP contribution is 2.13. The Hall–Kier alpha value is -2.09. The minimum absolute atomic E-state index is 0.0260. The van der Waals surface area contributed by atoms with E-state index >= 15 is 0 Å². The van der Waals surface area contributed by atoms with E-state index in [1.165, 1.54) is 22.3 Å². The predicted octanol–water partition coefficient (Wildman–Crippen LogP) is 4.28. The van der Waals surface area contributed by atoms with E-state index < -0.39 is 0 Å². The van der Waals surface area contributed by atoms with Gasteiger partial charge in [0.25, 0.3) is 5.91 Å². The average molecular weight is 295 g/mol. The largest absolute Gasteiger partial charge is 0.352 e. The Balaban J connectivity index is 1.84. The Morgan fingerprint density at radius 3 is 2.18 bits per heavy atom. The normalized spacial score (nSPS) is 10.5. The molecular formula is C20H25NO. The van der Waals surface area contributed by atoms with Crippen LogP contribution in [0.15, 0.2) is 36.4 Å². The average Bonchev–Trinajstić information content (AvgIpc) is 2.45. The fourth-order valence-electron chi connectivity index (χ4n) is 2.77. The zero-order chi connectivity index (χ0) is 16.1. The molecule has 2 rings (SSSR count). The lowest BCUT2D eigenvalue weighted by Crippen LogP contribution is -2.25. The summed E-state index contributed by atoms with van der Waals surface area (Å²) in [5, 5.41) is 3.02. The van der Waals surface area contributed by atoms with Crippen LogP contribution in [0.5, 0.6) is 0 Å². The predicted molar refractivity (Wildman–Crippen MR) is 92.5 cm³/mol. The fraction of sp³-hybridized carbons (Fsp3) is 0.350. The Morgan fingerprint density at radius 2 is 1.55 bits per heavy atom. The molecule has 1 N–H and O–H groups in total. The molecule has 0 heterocycles. The second-order valence-corrected chi connectivity index (χ2v) is 6.11. The Bertz CT molecular complexity index is 673. The lowest BCUT2D eigenvalue weighted by atomic mass is 10.0. The molecule has 0 aliphatic carbocycles. The maximum Gasteiger partial charge on any atom is 0.251 e. The highest BCUT2D eigenvalue weighted by atomic mass is 16.1. The summed E-state index contributed by atoms with van der Waals surface area (Å²) in [7, 11) is 0. The van der Waals surface area contributed by atoms with Gasteiger partial charge in [0.05, 0.1) is 0 Å². The molecular weight excluding hydrogens is 270 g/mol. The van der Waals surface area contributed by atoms with Crippen LogP contribution < -0.4 is 5.32 Å². The minimum Gasteiger partial charge on any atom is -0.352 e. The van der Waals surface area contributed by atoms with Crippen molar-refractivity contribution >= 4 is 5.91 Å². The summed E-state index contributed by atoms with van der Waals surface area (Å²) in [6.45, 7) is 8.99. The summed E-state index contributed by atoms with van der Waals surface area (Å²) < 4.78 is 0. The van der Waals surface area contributed by atoms with Crippen molar-refractivity contribution in [2.75, 3.05) is 6.54 Å². The van der Waals surface area contributed by atoms with Gasteiger partial charge in [-0.1, -0.05) is 41.5 Å². The van der Waals surface area contributed by atoms with Gasteiger partial charge < -0.3 is 5.32 Å². The van der Waals surface area contributed by atoms with Gasteiger partial charge in [-0.05, 0) is 63.3 Å². The van der Waals surface area contributed by atoms with Crippen LogP contribution in [0.4, 0.5) is 0 Å². The lowest BCUT2D eigenvalue weighted by Gasteiger charge is -2.10. The monoisotopic (exact) mass is 295 g/mol. The summed E-state index contributed by atoms with van der Waals surface area (Å²) in [4.78, 5) is 12.2. The third kappa shape index (κ3) is 4.20. The number of carbonyl (C=O) groups is 1. The first-order chi connectivity index (χ1) is 10.5. The molecule has 1 amide bonds. The number of benzene rings is 2. The Morgan fingerprint density at radius 1 is 0.909 bits per heavy atom. The van der Waals surface area contributed by atoms with E-state index in [0.29, 0.717) is 6.54 Å². The van der Waals surface area contributed by atoms with Crippen LogP contribution in [0.1, 0.15) is 44.6 Å². The van der Waals surface area contributed by atoms with Crippen molar-refractivity contribution in [2.45, 2.75) is 40.5 Å². The quantitative estimate of drug-likeness (QED) is 0.819. The molecule has 2 nitrogen and oxygen atoms in total. The zero-order valence-electron chi connectivity index (χ0n) is 14.0. The van der Waals surface area contributed by atoms with Crippen LogP contribution in [0, 0.1) is 27.7 Å². The van der Waals surface area contributed by atoms with E-state index in [4.69, 9.17) is 0 Å². The van der Waals surface area contributed by atoms with E-state index in [0.717, 1.165) is 24.0 Å². The van der Waals surface area contributed by atoms with E-state index in [1.807, 2.05) is 32.0 Å². The number of rotatable bonds is 5. The first kappa shape index (κ1) is 16.3. The molecule has 0 aromatic heterocycles. The van der Waals surface area contributed by atoms with Gasteiger partial charge in [-0.15, -0.1) is 0 Å². The number of aryl methyl sites for hydroxylation is 5. The number of carbonyl (C=O) groups excluding carboxylic acids is 1. The summed E-state index contributed by atoms with van der Waals surface area (Å²) in [5.41, 5.74) is 6.99. The van der Waals surface area contributed by atoms with Crippen LogP contribution in [0.25, 0.3) is 0 Å². The van der Waals surface area contributed by atoms with Crippen LogP contribution in [0.3, 0.4) is 0 Å². The summed E-state index contributed by atoms with van der Waals surface area (Å²) in [5.74, 6) is 0.0260. The van der Waals surface area contributed by atoms with Crippen molar-refractivity contribution in [1.29, 1.82) is 0 Å². The van der Waals surface area contributed by atoms with Gasteiger partial charge in [-0.3, -0.25) is 4.79 Å². The molecule has 0 aliphatic rings. The lowest BCUT2D eigenvalue weighted by molar-refractivity contribution is 0.0952. The molecule has 2 aromatic carbocycles. The molecule has 22 heavy (non-hydrogen) atoms. The van der Waals surface area contributed by atoms with Crippen molar-refractivity contribution < 1.29 is 4.79 Å². The molecule has 0 atom stereocenters. The van der Waals surface area contributed by atoms with Crippen LogP contribution in [-0.2, 0) is 6.42 Å². The van der Waals surface area contributed by atoms with E-state index in [9.17, 15) is 4.79 Å². The van der Waals surface area contributed by atoms with Gasteiger partial charge in [-0.25, -0.2) is 0 Å². The molecule has 0 fully saturated rings. The second kappa shape index (κ2) is 7.26. The van der Waals surface area contributed by atoms with Crippen molar-refractivity contribution in [1.82, 2.24) is 5.32 Å². The van der Waals surface area contributed by atoms with Crippen molar-refractivity contribution in [3.8, 4) is 0 Å². The maximum atomic E-state index is 12.2. The van der Waals surface area contributed by atoms with E-state index in [1.54, 1.807) is 0 Å². The maximum absolute atomic E-state index is 12.2. The second-order valence-electron chi connectivity index (χ2n) is 6.11. The van der Waals surface area contributed by atoms with Gasteiger partial charge >= 0.3 is 0 Å². The van der Waals surface area contributed by atoms with E-state index in [-0.39, 0.29) is 5.91 Å². The van der Waals surface area contributed by atoms with Crippen LogP contribution in [0.2, 0.25) is 0 Å². The molecule has 0 radical (unpaired) electrons. The van der Waals surface area contributed by atoms with Crippen molar-refractivity contribution in [3.05, 3.63) is 69.8 Å².